The molecule has 0 radical (unpaired) electrons. The molecule has 1 aliphatic rings. The number of carbonyl (C=O) groups is 2. The SMILES string of the molecule is O=C1NC(=S)N(c2ccc(Cl)cc2)C(=O)C1=Cc1ccc(OCc2cc(F)cc(F)c2)cc1. The third-order valence-corrected chi connectivity index (χ3v) is 5.24. The van der Waals surface area contributed by atoms with Crippen LogP contribution in [0.3, 0.4) is 0 Å². The van der Waals surface area contributed by atoms with Crippen molar-refractivity contribution in [3.05, 3.63) is 100 Å². The van der Waals surface area contributed by atoms with E-state index in [0.29, 0.717) is 27.6 Å². The van der Waals surface area contributed by atoms with Gasteiger partial charge in [0, 0.05) is 11.1 Å². The van der Waals surface area contributed by atoms with Gasteiger partial charge in [0.1, 0.15) is 29.6 Å². The molecule has 1 aliphatic heterocycles. The van der Waals surface area contributed by atoms with Crippen molar-refractivity contribution in [2.45, 2.75) is 6.61 Å². The van der Waals surface area contributed by atoms with E-state index in [0.717, 1.165) is 6.07 Å². The third kappa shape index (κ3) is 5.24. The van der Waals surface area contributed by atoms with Crippen molar-refractivity contribution in [2.24, 2.45) is 0 Å². The molecule has 1 N–H and O–H groups in total. The highest BCUT2D eigenvalue weighted by Gasteiger charge is 2.34. The smallest absolute Gasteiger partial charge is 0.270 e. The first-order valence-electron chi connectivity index (χ1n) is 9.65. The summed E-state index contributed by atoms with van der Waals surface area (Å²) in [5.41, 5.74) is 1.29. The van der Waals surface area contributed by atoms with Crippen LogP contribution in [0.2, 0.25) is 5.02 Å². The molecule has 1 fully saturated rings. The Bertz CT molecular complexity index is 1260. The summed E-state index contributed by atoms with van der Waals surface area (Å²) in [5.74, 6) is -2.09. The van der Waals surface area contributed by atoms with E-state index in [2.05, 4.69) is 5.32 Å². The van der Waals surface area contributed by atoms with Crippen LogP contribution in [0.5, 0.6) is 5.75 Å². The fourth-order valence-corrected chi connectivity index (χ4v) is 3.58. The summed E-state index contributed by atoms with van der Waals surface area (Å²) < 4.78 is 32.1. The van der Waals surface area contributed by atoms with E-state index in [1.165, 1.54) is 23.1 Å². The maximum absolute atomic E-state index is 13.3. The highest BCUT2D eigenvalue weighted by molar-refractivity contribution is 7.80. The first kappa shape index (κ1) is 22.6. The first-order valence-corrected chi connectivity index (χ1v) is 10.4. The Hall–Kier alpha value is -3.62. The molecule has 1 heterocycles. The number of hydrogen-bond donors (Lipinski definition) is 1. The lowest BCUT2D eigenvalue weighted by molar-refractivity contribution is -0.122. The number of thiocarbonyl (C=S) groups is 1. The van der Waals surface area contributed by atoms with Crippen molar-refractivity contribution >= 4 is 52.5 Å². The molecule has 0 saturated carbocycles. The molecule has 4 rings (SSSR count). The van der Waals surface area contributed by atoms with Gasteiger partial charge in [0.15, 0.2) is 5.11 Å². The molecule has 0 bridgehead atoms. The molecule has 166 valence electrons. The van der Waals surface area contributed by atoms with Crippen LogP contribution in [0.25, 0.3) is 6.08 Å². The predicted molar refractivity (Wildman–Crippen MR) is 125 cm³/mol. The highest BCUT2D eigenvalue weighted by Crippen LogP contribution is 2.24. The number of halogens is 3. The van der Waals surface area contributed by atoms with Crippen LogP contribution in [0.1, 0.15) is 11.1 Å². The summed E-state index contributed by atoms with van der Waals surface area (Å²) in [4.78, 5) is 26.6. The van der Waals surface area contributed by atoms with Crippen LogP contribution in [-0.4, -0.2) is 16.9 Å². The quantitative estimate of drug-likeness (QED) is 0.313. The van der Waals surface area contributed by atoms with E-state index in [9.17, 15) is 18.4 Å². The largest absolute Gasteiger partial charge is 0.489 e. The Labute approximate surface area is 198 Å². The standard InChI is InChI=1S/C24H15ClF2N2O3S/c25-16-3-5-19(6-4-16)29-23(31)21(22(30)28-24(29)33)11-14-1-7-20(8-2-14)32-13-15-9-17(26)12-18(27)10-15/h1-12H,13H2,(H,28,30,33). The summed E-state index contributed by atoms with van der Waals surface area (Å²) in [6.07, 6.45) is 1.44. The molecule has 5 nitrogen and oxygen atoms in total. The molecule has 0 aromatic heterocycles. The van der Waals surface area contributed by atoms with Gasteiger partial charge >= 0.3 is 0 Å². The number of nitrogens with zero attached hydrogens (tertiary/aromatic N) is 1. The molecule has 0 aliphatic carbocycles. The molecule has 1 saturated heterocycles. The Morgan fingerprint density at radius 2 is 1.61 bits per heavy atom. The molecule has 3 aromatic carbocycles. The van der Waals surface area contributed by atoms with Crippen LogP contribution >= 0.6 is 23.8 Å². The number of amides is 2. The Kier molecular flexibility index (Phi) is 6.48. The fraction of sp³-hybridized carbons (Fsp3) is 0.0417. The summed E-state index contributed by atoms with van der Waals surface area (Å²) in [6, 6.07) is 16.2. The van der Waals surface area contributed by atoms with Crippen molar-refractivity contribution in [3.8, 4) is 5.75 Å². The zero-order chi connectivity index (χ0) is 23.5. The number of nitrogens with one attached hydrogen (secondary N) is 1. The van der Waals surface area contributed by atoms with Crippen molar-refractivity contribution in [1.29, 1.82) is 0 Å². The van der Waals surface area contributed by atoms with Gasteiger partial charge in [0.05, 0.1) is 5.69 Å². The van der Waals surface area contributed by atoms with Crippen molar-refractivity contribution < 1.29 is 23.1 Å². The zero-order valence-corrected chi connectivity index (χ0v) is 18.4. The number of rotatable bonds is 5. The molecular formula is C24H15ClF2N2O3S. The number of hydrogen-bond acceptors (Lipinski definition) is 4. The molecular weight excluding hydrogens is 470 g/mol. The fourth-order valence-electron chi connectivity index (χ4n) is 3.17. The Balaban J connectivity index is 1.51. The van der Waals surface area contributed by atoms with Gasteiger partial charge in [-0.2, -0.15) is 0 Å². The van der Waals surface area contributed by atoms with E-state index in [4.69, 9.17) is 28.6 Å². The molecule has 0 unspecified atom stereocenters. The van der Waals surface area contributed by atoms with Gasteiger partial charge in [-0.15, -0.1) is 0 Å². The van der Waals surface area contributed by atoms with Crippen LogP contribution in [0, 0.1) is 11.6 Å². The van der Waals surface area contributed by atoms with Crippen LogP contribution in [0.15, 0.2) is 72.3 Å². The maximum atomic E-state index is 13.3. The van der Waals surface area contributed by atoms with Gasteiger partial charge < -0.3 is 4.74 Å². The lowest BCUT2D eigenvalue weighted by atomic mass is 10.1. The van der Waals surface area contributed by atoms with Gasteiger partial charge in [0.25, 0.3) is 11.8 Å². The summed E-state index contributed by atoms with van der Waals surface area (Å²) in [5, 5.41) is 2.99. The van der Waals surface area contributed by atoms with Crippen LogP contribution < -0.4 is 15.0 Å². The summed E-state index contributed by atoms with van der Waals surface area (Å²) in [7, 11) is 0. The molecule has 3 aromatic rings. The average Bonchev–Trinajstić information content (AvgIpc) is 2.76. The predicted octanol–water partition coefficient (Wildman–Crippen LogP) is 5.03. The van der Waals surface area contributed by atoms with Crippen LogP contribution in [0.4, 0.5) is 14.5 Å². The van der Waals surface area contributed by atoms with E-state index >= 15 is 0 Å². The van der Waals surface area contributed by atoms with Gasteiger partial charge in [-0.25, -0.2) is 8.78 Å². The van der Waals surface area contributed by atoms with E-state index in [-0.39, 0.29) is 17.3 Å². The normalized spacial score (nSPS) is 15.1. The minimum atomic E-state index is -0.682. The zero-order valence-electron chi connectivity index (χ0n) is 16.8. The minimum absolute atomic E-state index is 0.0243. The van der Waals surface area contributed by atoms with Crippen LogP contribution in [-0.2, 0) is 16.2 Å². The number of benzene rings is 3. The second-order valence-electron chi connectivity index (χ2n) is 7.07. The second kappa shape index (κ2) is 9.48. The van der Waals surface area contributed by atoms with Crippen molar-refractivity contribution in [2.75, 3.05) is 4.90 Å². The van der Waals surface area contributed by atoms with Gasteiger partial charge in [0.2, 0.25) is 0 Å². The molecule has 33 heavy (non-hydrogen) atoms. The minimum Gasteiger partial charge on any atom is -0.489 e. The number of ether oxygens (including phenoxy) is 1. The lowest BCUT2D eigenvalue weighted by Crippen LogP contribution is -2.54. The monoisotopic (exact) mass is 484 g/mol. The second-order valence-corrected chi connectivity index (χ2v) is 7.89. The molecule has 9 heteroatoms. The van der Waals surface area contributed by atoms with E-state index in [1.807, 2.05) is 0 Å². The molecule has 0 spiro atoms. The number of carbonyl (C=O) groups excluding carboxylic acids is 2. The average molecular weight is 485 g/mol. The van der Waals surface area contributed by atoms with Gasteiger partial charge in [-0.1, -0.05) is 23.7 Å². The highest BCUT2D eigenvalue weighted by atomic mass is 35.5. The molecule has 0 atom stereocenters. The summed E-state index contributed by atoms with van der Waals surface area (Å²) >= 11 is 11.1. The summed E-state index contributed by atoms with van der Waals surface area (Å²) in [6.45, 7) is -0.0243. The van der Waals surface area contributed by atoms with Crippen molar-refractivity contribution in [1.82, 2.24) is 5.32 Å². The topological polar surface area (TPSA) is 58.6 Å². The van der Waals surface area contributed by atoms with Gasteiger partial charge in [-0.05, 0) is 78.0 Å². The Morgan fingerprint density at radius 1 is 0.970 bits per heavy atom. The van der Waals surface area contributed by atoms with E-state index in [1.54, 1.807) is 48.5 Å². The number of anilines is 1. The maximum Gasteiger partial charge on any atom is 0.270 e. The van der Waals surface area contributed by atoms with E-state index < -0.39 is 23.4 Å². The first-order chi connectivity index (χ1) is 15.8. The molecule has 2 amide bonds. The van der Waals surface area contributed by atoms with Crippen molar-refractivity contribution in [3.63, 3.8) is 0 Å². The lowest BCUT2D eigenvalue weighted by Gasteiger charge is -2.28. The third-order valence-electron chi connectivity index (χ3n) is 4.71. The Morgan fingerprint density at radius 3 is 2.24 bits per heavy atom. The van der Waals surface area contributed by atoms with Gasteiger partial charge in [-0.3, -0.25) is 19.8 Å².